The number of nitrogens with one attached hydrogen (secondary N) is 1. The van der Waals surface area contributed by atoms with Gasteiger partial charge in [0.1, 0.15) is 6.04 Å². The number of primary amides is 1. The SMILES string of the molecule is CC1CN(C(=O)C[C@@H](C)OC(C)(C)C)CC1(C)C.N#CC(NC=O)c1cnn2cccc(Br)c12.NC(=O)C(F)(F)F. The molecule has 3 N–H and O–H groups in total. The third-order valence-corrected chi connectivity index (χ3v) is 6.91. The van der Waals surface area contributed by atoms with Crippen molar-refractivity contribution in [3.63, 3.8) is 0 Å². The second-order valence-electron chi connectivity index (χ2n) is 11.4. The van der Waals surface area contributed by atoms with Crippen molar-refractivity contribution in [3.05, 3.63) is 34.6 Å². The zero-order valence-corrected chi connectivity index (χ0v) is 25.8. The van der Waals surface area contributed by atoms with Crippen LogP contribution in [-0.4, -0.2) is 63.7 Å². The van der Waals surface area contributed by atoms with Gasteiger partial charge in [-0.15, -0.1) is 0 Å². The monoisotopic (exact) mass is 646 g/mol. The molecule has 3 heterocycles. The summed E-state index contributed by atoms with van der Waals surface area (Å²) in [5.41, 5.74) is 5.31. The van der Waals surface area contributed by atoms with Gasteiger partial charge in [0.15, 0.2) is 0 Å². The van der Waals surface area contributed by atoms with Crippen LogP contribution in [0, 0.1) is 22.7 Å². The van der Waals surface area contributed by atoms with E-state index in [0.717, 1.165) is 23.1 Å². The number of fused-ring (bicyclic) bond motifs is 1. The van der Waals surface area contributed by atoms with E-state index in [-0.39, 0.29) is 23.0 Å². The first-order valence-electron chi connectivity index (χ1n) is 12.8. The van der Waals surface area contributed by atoms with Crippen LogP contribution in [0.15, 0.2) is 29.0 Å². The van der Waals surface area contributed by atoms with Gasteiger partial charge in [-0.1, -0.05) is 20.8 Å². The number of carbonyl (C=O) groups is 3. The largest absolute Gasteiger partial charge is 0.470 e. The molecule has 0 spiro atoms. The zero-order chi connectivity index (χ0) is 31.8. The number of hydrogen-bond acceptors (Lipinski definition) is 6. The highest BCUT2D eigenvalue weighted by atomic mass is 79.9. The minimum atomic E-state index is -4.86. The van der Waals surface area contributed by atoms with Crippen LogP contribution in [-0.2, 0) is 19.1 Å². The van der Waals surface area contributed by atoms with Crippen LogP contribution in [0.2, 0.25) is 0 Å². The van der Waals surface area contributed by atoms with Gasteiger partial charge in [-0.05, 0) is 67.1 Å². The number of nitrogens with zero attached hydrogens (tertiary/aromatic N) is 4. The van der Waals surface area contributed by atoms with Crippen molar-refractivity contribution in [3.8, 4) is 6.07 Å². The van der Waals surface area contributed by atoms with Gasteiger partial charge in [0.25, 0.3) is 0 Å². The van der Waals surface area contributed by atoms with Crippen molar-refractivity contribution in [1.29, 1.82) is 5.26 Å². The Balaban J connectivity index is 0.000000336. The lowest BCUT2D eigenvalue weighted by molar-refractivity contribution is -0.169. The summed E-state index contributed by atoms with van der Waals surface area (Å²) < 4.78 is 40.4. The highest BCUT2D eigenvalue weighted by Crippen LogP contribution is 2.35. The van der Waals surface area contributed by atoms with E-state index in [1.165, 1.54) is 0 Å². The Morgan fingerprint density at radius 2 is 1.95 bits per heavy atom. The molecule has 2 aromatic heterocycles. The first-order valence-corrected chi connectivity index (χ1v) is 13.6. The van der Waals surface area contributed by atoms with E-state index in [9.17, 15) is 22.8 Å². The number of likely N-dealkylation sites (tertiary alicyclic amines) is 1. The quantitative estimate of drug-likeness (QED) is 0.442. The fourth-order valence-electron chi connectivity index (χ4n) is 4.00. The van der Waals surface area contributed by atoms with E-state index >= 15 is 0 Å². The van der Waals surface area contributed by atoms with Crippen molar-refractivity contribution in [2.24, 2.45) is 17.1 Å². The first kappa shape index (κ1) is 35.8. The summed E-state index contributed by atoms with van der Waals surface area (Å²) in [7, 11) is 0. The van der Waals surface area contributed by atoms with E-state index in [4.69, 9.17) is 14.8 Å². The van der Waals surface area contributed by atoms with Crippen LogP contribution in [0.1, 0.15) is 66.5 Å². The lowest BCUT2D eigenvalue weighted by Crippen LogP contribution is -2.35. The molecular weight excluding hydrogens is 609 g/mol. The van der Waals surface area contributed by atoms with Crippen molar-refractivity contribution in [2.45, 2.75) is 78.8 Å². The van der Waals surface area contributed by atoms with Gasteiger partial charge in [0, 0.05) is 29.3 Å². The Labute approximate surface area is 246 Å². The Kier molecular flexibility index (Phi) is 12.8. The Bertz CT molecular complexity index is 1240. The van der Waals surface area contributed by atoms with Gasteiger partial charge in [-0.25, -0.2) is 4.52 Å². The van der Waals surface area contributed by atoms with Gasteiger partial charge in [-0.3, -0.25) is 14.4 Å². The number of rotatable bonds is 6. The molecular formula is C27H38BrF3N6O4. The third kappa shape index (κ3) is 11.3. The van der Waals surface area contributed by atoms with Crippen molar-refractivity contribution >= 4 is 39.7 Å². The number of hydrogen-bond donors (Lipinski definition) is 2. The number of aromatic nitrogens is 2. The minimum absolute atomic E-state index is 0.0171. The number of carbonyl (C=O) groups excluding carboxylic acids is 3. The second kappa shape index (κ2) is 14.6. The summed E-state index contributed by atoms with van der Waals surface area (Å²) in [6.07, 6.45) is -0.533. The molecule has 3 amide bonds. The highest BCUT2D eigenvalue weighted by molar-refractivity contribution is 9.10. The van der Waals surface area contributed by atoms with Crippen LogP contribution in [0.4, 0.5) is 13.2 Å². The predicted octanol–water partition coefficient (Wildman–Crippen LogP) is 4.53. The maximum Gasteiger partial charge on any atom is 0.470 e. The lowest BCUT2D eigenvalue weighted by Gasteiger charge is -2.26. The average Bonchev–Trinajstić information content (AvgIpc) is 3.37. The summed E-state index contributed by atoms with van der Waals surface area (Å²) in [5, 5.41) is 15.5. The first-order chi connectivity index (χ1) is 18.7. The molecule has 1 fully saturated rings. The Morgan fingerprint density at radius 3 is 2.39 bits per heavy atom. The summed E-state index contributed by atoms with van der Waals surface area (Å²) >= 11 is 3.39. The maximum absolute atomic E-state index is 12.2. The molecule has 0 bridgehead atoms. The molecule has 1 aliphatic heterocycles. The molecule has 1 saturated heterocycles. The molecule has 1 aliphatic rings. The maximum atomic E-state index is 12.2. The predicted molar refractivity (Wildman–Crippen MR) is 150 cm³/mol. The van der Waals surface area contributed by atoms with Crippen LogP contribution >= 0.6 is 15.9 Å². The second-order valence-corrected chi connectivity index (χ2v) is 12.2. The molecule has 3 atom stereocenters. The van der Waals surface area contributed by atoms with Gasteiger partial charge >= 0.3 is 12.1 Å². The standard InChI is InChI=1S/C15H29NO2.C10H7BrN4O.C2H2F3NO/c1-11-9-16(10-15(11,6)7)13(17)8-12(2)18-14(3,4)5;11-8-2-1-3-15-10(8)7(5-14-15)9(4-12)13-6-16;3-2(4,5)1(6)7/h11-12H,8-10H2,1-7H3;1-3,5-6,9H,(H,13,16);(H2,6,7)/t11?,12-;;/m1../s1. The number of pyridine rings is 1. The smallest absolute Gasteiger partial charge is 0.372 e. The molecule has 2 unspecified atom stereocenters. The number of alkyl halides is 3. The summed E-state index contributed by atoms with van der Waals surface area (Å²) in [4.78, 5) is 33.7. The number of nitriles is 1. The Hall–Kier alpha value is -3.18. The van der Waals surface area contributed by atoms with Crippen molar-refractivity contribution < 1.29 is 32.3 Å². The van der Waals surface area contributed by atoms with E-state index in [1.54, 1.807) is 16.9 Å². The zero-order valence-electron chi connectivity index (χ0n) is 24.3. The van der Waals surface area contributed by atoms with Gasteiger partial charge in [0.05, 0.1) is 35.9 Å². The molecule has 0 aliphatic carbocycles. The molecule has 228 valence electrons. The number of nitrogens with two attached hydrogens (primary N) is 1. The fraction of sp³-hybridized carbons (Fsp3) is 0.593. The average molecular weight is 648 g/mol. The summed E-state index contributed by atoms with van der Waals surface area (Å²) in [6, 6.07) is 5.01. The number of amides is 3. The van der Waals surface area contributed by atoms with Gasteiger partial charge in [0.2, 0.25) is 12.3 Å². The van der Waals surface area contributed by atoms with E-state index in [2.05, 4.69) is 52.9 Å². The number of halogens is 4. The van der Waals surface area contributed by atoms with Crippen LogP contribution < -0.4 is 11.1 Å². The molecule has 10 nitrogen and oxygen atoms in total. The van der Waals surface area contributed by atoms with Crippen LogP contribution in [0.25, 0.3) is 5.52 Å². The molecule has 0 radical (unpaired) electrons. The molecule has 0 aromatic carbocycles. The van der Waals surface area contributed by atoms with Crippen LogP contribution in [0.5, 0.6) is 0 Å². The molecule has 14 heteroatoms. The van der Waals surface area contributed by atoms with E-state index in [1.807, 2.05) is 50.8 Å². The van der Waals surface area contributed by atoms with Gasteiger partial charge < -0.3 is 20.7 Å². The topological polar surface area (TPSA) is 143 Å². The highest BCUT2D eigenvalue weighted by Gasteiger charge is 2.38. The summed E-state index contributed by atoms with van der Waals surface area (Å²) in [5.74, 6) is -1.46. The fourth-order valence-corrected chi connectivity index (χ4v) is 4.56. The minimum Gasteiger partial charge on any atom is -0.372 e. The summed E-state index contributed by atoms with van der Waals surface area (Å²) in [6.45, 7) is 16.5. The third-order valence-electron chi connectivity index (χ3n) is 6.27. The molecule has 3 rings (SSSR count). The molecule has 41 heavy (non-hydrogen) atoms. The van der Waals surface area contributed by atoms with Crippen LogP contribution in [0.3, 0.4) is 0 Å². The number of ether oxygens (including phenoxy) is 1. The van der Waals surface area contributed by atoms with E-state index in [0.29, 0.717) is 24.3 Å². The lowest BCUT2D eigenvalue weighted by atomic mass is 9.84. The Morgan fingerprint density at radius 1 is 1.37 bits per heavy atom. The van der Waals surface area contributed by atoms with Gasteiger partial charge in [-0.2, -0.15) is 23.5 Å². The molecule has 0 saturated carbocycles. The van der Waals surface area contributed by atoms with Crippen molar-refractivity contribution in [2.75, 3.05) is 13.1 Å². The van der Waals surface area contributed by atoms with E-state index < -0.39 is 18.1 Å². The molecule has 2 aromatic rings. The van der Waals surface area contributed by atoms with Crippen molar-refractivity contribution in [1.82, 2.24) is 19.8 Å². The normalized spacial score (nSPS) is 17.7.